The number of thiazole rings is 2. The zero-order valence-corrected chi connectivity index (χ0v) is 45.7. The van der Waals surface area contributed by atoms with E-state index in [1.165, 1.54) is 9.75 Å². The second kappa shape index (κ2) is 29.6. The molecule has 6 aromatic rings. The molecular formula is C48H55Br3IN3O4S3. The van der Waals surface area contributed by atoms with Crippen LogP contribution in [0.15, 0.2) is 111 Å². The lowest BCUT2D eigenvalue weighted by molar-refractivity contribution is 0.0982. The van der Waals surface area contributed by atoms with Crippen molar-refractivity contribution in [1.29, 1.82) is 5.26 Å². The average Bonchev–Trinajstić information content (AvgIpc) is 3.80. The van der Waals surface area contributed by atoms with Gasteiger partial charge in [0, 0.05) is 26.4 Å². The summed E-state index contributed by atoms with van der Waals surface area (Å²) in [5.74, 6) is 3.50. The highest BCUT2D eigenvalue weighted by Crippen LogP contribution is 2.35. The number of alkyl halides is 1. The van der Waals surface area contributed by atoms with Crippen molar-refractivity contribution in [3.63, 3.8) is 0 Å². The number of halogens is 4. The molecule has 0 bridgehead atoms. The van der Waals surface area contributed by atoms with Crippen molar-refractivity contribution in [2.24, 2.45) is 17.8 Å². The molecule has 0 fully saturated rings. The van der Waals surface area contributed by atoms with Crippen molar-refractivity contribution in [2.75, 3.05) is 12.0 Å². The van der Waals surface area contributed by atoms with Crippen LogP contribution in [0.5, 0.6) is 17.2 Å². The third kappa shape index (κ3) is 19.1. The number of carbonyl (C=O) groups is 1. The molecular weight excluding hydrogens is 1150 g/mol. The lowest BCUT2D eigenvalue weighted by atomic mass is 10.0. The second-order valence-corrected chi connectivity index (χ2v) is 20.6. The van der Waals surface area contributed by atoms with E-state index in [1.807, 2.05) is 64.9 Å². The van der Waals surface area contributed by atoms with Gasteiger partial charge in [-0.2, -0.15) is 5.26 Å². The van der Waals surface area contributed by atoms with Crippen LogP contribution in [0.1, 0.15) is 73.6 Å². The van der Waals surface area contributed by atoms with Crippen LogP contribution in [-0.4, -0.2) is 38.1 Å². The number of hydrogen-bond acceptors (Lipinski definition) is 10. The smallest absolute Gasteiger partial charge is 0.176 e. The summed E-state index contributed by atoms with van der Waals surface area (Å²) < 4.78 is 12.8. The van der Waals surface area contributed by atoms with Crippen LogP contribution in [0.25, 0.3) is 22.5 Å². The molecule has 0 radical (unpaired) electrons. The lowest BCUT2D eigenvalue weighted by Crippen LogP contribution is -2.19. The van der Waals surface area contributed by atoms with Crippen LogP contribution >= 0.6 is 106 Å². The first-order chi connectivity index (χ1) is 29.3. The Labute approximate surface area is 421 Å². The van der Waals surface area contributed by atoms with E-state index in [9.17, 15) is 9.90 Å². The van der Waals surface area contributed by atoms with Gasteiger partial charge in [-0.05, 0) is 164 Å². The van der Waals surface area contributed by atoms with Gasteiger partial charge in [-0.3, -0.25) is 4.79 Å². The van der Waals surface area contributed by atoms with Gasteiger partial charge in [0.25, 0.3) is 0 Å². The first-order valence-electron chi connectivity index (χ1n) is 19.7. The van der Waals surface area contributed by atoms with E-state index in [1.54, 1.807) is 66.2 Å². The highest BCUT2D eigenvalue weighted by molar-refractivity contribution is 14.1. The molecule has 1 N–H and O–H groups in total. The third-order valence-corrected chi connectivity index (χ3v) is 12.4. The minimum Gasteiger partial charge on any atom is -0.508 e. The molecule has 1 unspecified atom stereocenters. The van der Waals surface area contributed by atoms with Gasteiger partial charge >= 0.3 is 0 Å². The fraction of sp³-hybridized carbons (Fsp3) is 0.333. The number of methoxy groups -OCH3 is 1. The van der Waals surface area contributed by atoms with E-state index in [2.05, 4.69) is 118 Å². The topological polar surface area (TPSA) is 105 Å². The van der Waals surface area contributed by atoms with E-state index in [0.717, 1.165) is 72.0 Å². The van der Waals surface area contributed by atoms with Crippen LogP contribution in [0, 0.1) is 28.4 Å². The SMILES string of the molecule is Br.CC(C)CC(SC#N)C(=O)c1ccc(OCc2ccccc2)cc1.CC(C)Cc1sc(Br)nc1-c1ccc(O)cc1.CI.COc1ccc(-c2nc(Br)sc2CC(C)C)cc1. The van der Waals surface area contributed by atoms with E-state index in [-0.39, 0.29) is 33.8 Å². The van der Waals surface area contributed by atoms with E-state index < -0.39 is 0 Å². The summed E-state index contributed by atoms with van der Waals surface area (Å²) >= 11 is 13.5. The molecule has 14 heteroatoms. The van der Waals surface area contributed by atoms with Gasteiger partial charge in [0.2, 0.25) is 0 Å². The zero-order chi connectivity index (χ0) is 44.9. The molecule has 62 heavy (non-hydrogen) atoms. The van der Waals surface area contributed by atoms with Gasteiger partial charge in [0.1, 0.15) is 29.3 Å². The molecule has 6 rings (SSSR count). The molecule has 7 nitrogen and oxygen atoms in total. The maximum absolute atomic E-state index is 12.5. The normalized spacial score (nSPS) is 10.9. The molecule has 0 aliphatic heterocycles. The quantitative estimate of drug-likeness (QED) is 0.0469. The van der Waals surface area contributed by atoms with Crippen molar-refractivity contribution < 1.29 is 19.4 Å². The number of rotatable bonds is 15. The number of ketones is 1. The lowest BCUT2D eigenvalue weighted by Gasteiger charge is -2.14. The summed E-state index contributed by atoms with van der Waals surface area (Å²) in [6.45, 7) is 13.5. The number of thioether (sulfide) groups is 1. The summed E-state index contributed by atoms with van der Waals surface area (Å²) in [4.78, 5) is 26.2. The zero-order valence-electron chi connectivity index (χ0n) is 36.2. The maximum Gasteiger partial charge on any atom is 0.176 e. The molecule has 0 saturated heterocycles. The number of phenolic OH excluding ortho intramolecular Hbond substituents is 1. The average molecular weight is 1200 g/mol. The Kier molecular flexibility index (Phi) is 26.4. The molecule has 0 amide bonds. The maximum atomic E-state index is 12.5. The highest BCUT2D eigenvalue weighted by atomic mass is 127. The van der Waals surface area contributed by atoms with Crippen LogP contribution < -0.4 is 9.47 Å². The number of benzene rings is 4. The van der Waals surface area contributed by atoms with E-state index >= 15 is 0 Å². The van der Waals surface area contributed by atoms with E-state index in [4.69, 9.17) is 14.7 Å². The van der Waals surface area contributed by atoms with Crippen LogP contribution in [-0.2, 0) is 19.4 Å². The molecule has 0 saturated carbocycles. The Hall–Kier alpha value is -2.78. The molecule has 332 valence electrons. The van der Waals surface area contributed by atoms with Gasteiger partial charge in [0.15, 0.2) is 13.6 Å². The number of aromatic hydroxyl groups is 1. The third-order valence-electron chi connectivity index (χ3n) is 8.59. The molecule has 4 aromatic carbocycles. The Morgan fingerprint density at radius 2 is 1.21 bits per heavy atom. The number of nitrogens with zero attached hydrogens (tertiary/aromatic N) is 3. The molecule has 0 aliphatic carbocycles. The number of nitriles is 1. The minimum absolute atomic E-state index is 0. The molecule has 0 aliphatic rings. The Morgan fingerprint density at radius 1 is 0.742 bits per heavy atom. The summed E-state index contributed by atoms with van der Waals surface area (Å²) in [5, 5.41) is 19.9. The Bertz CT molecular complexity index is 2230. The van der Waals surface area contributed by atoms with Crippen LogP contribution in [0.4, 0.5) is 0 Å². The monoisotopic (exact) mass is 1200 g/mol. The Morgan fingerprint density at radius 3 is 1.65 bits per heavy atom. The molecule has 2 aromatic heterocycles. The van der Waals surface area contributed by atoms with Gasteiger partial charge in [-0.25, -0.2) is 9.97 Å². The van der Waals surface area contributed by atoms with Crippen LogP contribution in [0.3, 0.4) is 0 Å². The van der Waals surface area contributed by atoms with E-state index in [0.29, 0.717) is 36.3 Å². The van der Waals surface area contributed by atoms with Crippen molar-refractivity contribution >= 4 is 112 Å². The van der Waals surface area contributed by atoms with Crippen molar-refractivity contribution in [3.8, 4) is 45.2 Å². The van der Waals surface area contributed by atoms with Gasteiger partial charge in [-0.15, -0.1) is 39.7 Å². The fourth-order valence-corrected chi connectivity index (χ4v) is 10.2. The van der Waals surface area contributed by atoms with Crippen molar-refractivity contribution in [3.05, 3.63) is 132 Å². The van der Waals surface area contributed by atoms with Crippen molar-refractivity contribution in [1.82, 2.24) is 9.97 Å². The van der Waals surface area contributed by atoms with Gasteiger partial charge in [-0.1, -0.05) is 94.5 Å². The fourth-order valence-electron chi connectivity index (χ4n) is 5.83. The summed E-state index contributed by atoms with van der Waals surface area (Å²) in [6, 6.07) is 32.4. The standard InChI is InChI=1S/C20H21NO2S.C14H16BrNOS.C13H14BrNOS.CH3I.BrH/c1-15(2)12-19(24-14-21)20(22)17-8-10-18(11-9-17)23-13-16-6-4-3-5-7-16;1-9(2)8-12-13(16-14(15)18-12)10-4-6-11(17-3)7-5-10;1-8(2)7-11-12(15-13(14)17-11)9-3-5-10(16)6-4-9;1-2;/h3-11,15,19H,12-13H2,1-2H3;4-7,9H,8H2,1-3H3;3-6,8,16H,7H2,1-2H3;1H3;1H. The number of aromatic nitrogens is 2. The molecule has 2 heterocycles. The first kappa shape index (κ1) is 55.4. The molecule has 0 spiro atoms. The highest BCUT2D eigenvalue weighted by Gasteiger charge is 2.22. The summed E-state index contributed by atoms with van der Waals surface area (Å²) in [7, 11) is 1.68. The number of phenols is 1. The molecule has 1 atom stereocenters. The van der Waals surface area contributed by atoms with Crippen molar-refractivity contribution in [2.45, 2.75) is 72.7 Å². The van der Waals surface area contributed by atoms with Gasteiger partial charge < -0.3 is 14.6 Å². The number of ether oxygens (including phenoxy) is 2. The predicted octanol–water partition coefficient (Wildman–Crippen LogP) is 16.0. The summed E-state index contributed by atoms with van der Waals surface area (Å²) in [5.41, 5.74) is 6.03. The largest absolute Gasteiger partial charge is 0.508 e. The summed E-state index contributed by atoms with van der Waals surface area (Å²) in [6.07, 6.45) is 2.79. The van der Waals surface area contributed by atoms with Gasteiger partial charge in [0.05, 0.1) is 23.7 Å². The number of hydrogen-bond donors (Lipinski definition) is 1. The Balaban J connectivity index is 0.000000316. The number of carbonyl (C=O) groups excluding carboxylic acids is 1. The minimum atomic E-state index is -0.314. The number of Topliss-reactive ketones (excluding diaryl/α,β-unsaturated/α-hetero) is 1. The number of thiocyanates is 1. The first-order valence-corrected chi connectivity index (χ1v) is 26.0. The van der Waals surface area contributed by atoms with Crippen LogP contribution in [0.2, 0.25) is 0 Å². The second-order valence-electron chi connectivity index (χ2n) is 14.9. The predicted molar refractivity (Wildman–Crippen MR) is 284 cm³/mol.